The summed E-state index contributed by atoms with van der Waals surface area (Å²) in [7, 11) is 0. The van der Waals surface area contributed by atoms with Gasteiger partial charge in [-0.05, 0) is 13.0 Å². The lowest BCUT2D eigenvalue weighted by molar-refractivity contribution is -0.113. The number of H-pyrrole nitrogens is 1. The molecule has 1 amide bonds. The van der Waals surface area contributed by atoms with Gasteiger partial charge in [0, 0.05) is 17.2 Å². The molecule has 8 nitrogen and oxygen atoms in total. The summed E-state index contributed by atoms with van der Waals surface area (Å²) < 4.78 is 29.5. The van der Waals surface area contributed by atoms with Gasteiger partial charge in [-0.2, -0.15) is 9.78 Å². The highest BCUT2D eigenvalue weighted by Crippen LogP contribution is 2.44. The number of aryl methyl sites for hydroxylation is 1. The van der Waals surface area contributed by atoms with Crippen molar-refractivity contribution in [2.75, 3.05) is 11.1 Å². The van der Waals surface area contributed by atoms with E-state index >= 15 is 0 Å². The Bertz CT molecular complexity index is 1270. The Morgan fingerprint density at radius 2 is 2.10 bits per heavy atom. The van der Waals surface area contributed by atoms with Crippen LogP contribution in [0.1, 0.15) is 22.1 Å². The van der Waals surface area contributed by atoms with Crippen molar-refractivity contribution < 1.29 is 13.6 Å². The first kappa shape index (κ1) is 17.7. The molecule has 0 fully saturated rings. The minimum Gasteiger partial charge on any atom is -0.340 e. The summed E-state index contributed by atoms with van der Waals surface area (Å²) in [6, 6.07) is 3.45. The van der Waals surface area contributed by atoms with Crippen molar-refractivity contribution in [3.63, 3.8) is 0 Å². The van der Waals surface area contributed by atoms with Gasteiger partial charge in [-0.3, -0.25) is 4.79 Å². The molecule has 0 radical (unpaired) electrons. The van der Waals surface area contributed by atoms with Crippen molar-refractivity contribution in [1.29, 1.82) is 0 Å². The lowest BCUT2D eigenvalue weighted by Gasteiger charge is -2.16. The van der Waals surface area contributed by atoms with Crippen LogP contribution in [-0.4, -0.2) is 41.4 Å². The highest BCUT2D eigenvalue weighted by atomic mass is 32.2. The molecule has 0 bridgehead atoms. The number of nitrogens with one attached hydrogen (secondary N) is 2. The summed E-state index contributed by atoms with van der Waals surface area (Å²) in [4.78, 5) is 27.9. The Labute approximate surface area is 166 Å². The number of anilines is 1. The predicted octanol–water partition coefficient (Wildman–Crippen LogP) is 2.90. The smallest absolute Gasteiger partial charge is 0.235 e. The van der Waals surface area contributed by atoms with Crippen LogP contribution < -0.4 is 5.32 Å². The number of thioether (sulfide) groups is 1. The number of fused-ring (bicyclic) bond motifs is 2. The molecule has 1 aliphatic rings. The number of nitrogens with zero attached hydrogens (tertiary/aromatic N) is 5. The second-order valence-electron chi connectivity index (χ2n) is 6.46. The van der Waals surface area contributed by atoms with E-state index in [4.69, 9.17) is 0 Å². The van der Waals surface area contributed by atoms with E-state index < -0.39 is 16.9 Å². The van der Waals surface area contributed by atoms with E-state index in [0.717, 1.165) is 6.07 Å². The quantitative estimate of drug-likeness (QED) is 0.524. The van der Waals surface area contributed by atoms with Crippen molar-refractivity contribution in [3.8, 4) is 5.82 Å². The van der Waals surface area contributed by atoms with Crippen LogP contribution in [0.2, 0.25) is 0 Å². The maximum Gasteiger partial charge on any atom is 0.235 e. The molecule has 146 valence electrons. The Balaban J connectivity index is 1.74. The molecule has 1 atom stereocenters. The molecule has 2 N–H and O–H groups in total. The molecule has 1 aliphatic heterocycles. The normalized spacial score (nSPS) is 16.5. The molecule has 0 unspecified atom stereocenters. The van der Waals surface area contributed by atoms with Crippen LogP contribution in [0, 0.1) is 18.6 Å². The SMILES string of the molecule is Cc1nn(-c2ncnc3nc[nH]c23)c2c1[C@H](c1ccc(F)cc1F)SCC(=O)N2. The molecule has 11 heteroatoms. The zero-order valence-electron chi connectivity index (χ0n) is 15.0. The molecular formula is C18H13F2N7OS. The van der Waals surface area contributed by atoms with E-state index in [0.29, 0.717) is 34.1 Å². The minimum absolute atomic E-state index is 0.110. The van der Waals surface area contributed by atoms with E-state index in [1.165, 1.54) is 41.2 Å². The molecule has 3 aromatic heterocycles. The Hall–Kier alpha value is -3.34. The maximum atomic E-state index is 14.6. The lowest BCUT2D eigenvalue weighted by atomic mass is 10.0. The van der Waals surface area contributed by atoms with E-state index in [-0.39, 0.29) is 17.2 Å². The van der Waals surface area contributed by atoms with Crippen molar-refractivity contribution in [2.45, 2.75) is 12.2 Å². The van der Waals surface area contributed by atoms with Gasteiger partial charge in [-0.25, -0.2) is 23.7 Å². The lowest BCUT2D eigenvalue weighted by Crippen LogP contribution is -2.16. The van der Waals surface area contributed by atoms with Gasteiger partial charge in [0.05, 0.1) is 23.0 Å². The van der Waals surface area contributed by atoms with Crippen LogP contribution in [-0.2, 0) is 4.79 Å². The van der Waals surface area contributed by atoms with Crippen molar-refractivity contribution in [1.82, 2.24) is 29.7 Å². The van der Waals surface area contributed by atoms with E-state index in [2.05, 4.69) is 30.4 Å². The molecule has 0 spiro atoms. The first-order valence-electron chi connectivity index (χ1n) is 8.63. The number of hydrogen-bond donors (Lipinski definition) is 2. The largest absolute Gasteiger partial charge is 0.340 e. The van der Waals surface area contributed by atoms with Crippen molar-refractivity contribution in [3.05, 3.63) is 59.3 Å². The first-order valence-corrected chi connectivity index (χ1v) is 9.68. The number of aromatic nitrogens is 6. The topological polar surface area (TPSA) is 101 Å². The highest BCUT2D eigenvalue weighted by Gasteiger charge is 2.32. The summed E-state index contributed by atoms with van der Waals surface area (Å²) >= 11 is 1.26. The van der Waals surface area contributed by atoms with Crippen LogP contribution >= 0.6 is 11.8 Å². The highest BCUT2D eigenvalue weighted by molar-refractivity contribution is 8.00. The molecule has 0 saturated heterocycles. The maximum absolute atomic E-state index is 14.6. The first-order chi connectivity index (χ1) is 14.0. The van der Waals surface area contributed by atoms with Crippen LogP contribution in [0.4, 0.5) is 14.6 Å². The molecular weight excluding hydrogens is 400 g/mol. The molecule has 29 heavy (non-hydrogen) atoms. The second kappa shape index (κ2) is 6.62. The molecule has 1 aromatic carbocycles. The average Bonchev–Trinajstić information content (AvgIpc) is 3.24. The van der Waals surface area contributed by atoms with Gasteiger partial charge in [-0.15, -0.1) is 11.8 Å². The Kier molecular flexibility index (Phi) is 4.05. The fourth-order valence-electron chi connectivity index (χ4n) is 3.41. The zero-order chi connectivity index (χ0) is 20.1. The predicted molar refractivity (Wildman–Crippen MR) is 103 cm³/mol. The van der Waals surface area contributed by atoms with Crippen molar-refractivity contribution in [2.24, 2.45) is 0 Å². The standard InChI is InChI=1S/C18H13F2N7OS/c1-8-13-15(10-3-2-9(19)4-11(10)20)29-5-12(28)25-17(13)27(26-8)18-14-16(22-6-21-14)23-7-24-18/h2-4,6-7,15H,5H2,1H3,(H,25,28)(H,21,22,23,24)/t15-/m0/s1. The molecule has 4 aromatic rings. The monoisotopic (exact) mass is 413 g/mol. The Morgan fingerprint density at radius 1 is 1.24 bits per heavy atom. The number of aromatic amines is 1. The van der Waals surface area contributed by atoms with Gasteiger partial charge in [0.15, 0.2) is 11.5 Å². The summed E-state index contributed by atoms with van der Waals surface area (Å²) in [5.74, 6) is -0.679. The summed E-state index contributed by atoms with van der Waals surface area (Å²) in [6.45, 7) is 1.77. The molecule has 4 heterocycles. The van der Waals surface area contributed by atoms with E-state index in [1.54, 1.807) is 6.92 Å². The number of imidazole rings is 1. The zero-order valence-corrected chi connectivity index (χ0v) is 15.8. The van der Waals surface area contributed by atoms with Gasteiger partial charge < -0.3 is 10.3 Å². The third-order valence-electron chi connectivity index (χ3n) is 4.66. The number of benzene rings is 1. The van der Waals surface area contributed by atoms with Crippen molar-refractivity contribution >= 4 is 34.7 Å². The number of carbonyl (C=O) groups is 1. The van der Waals surface area contributed by atoms with E-state index in [9.17, 15) is 13.6 Å². The van der Waals surface area contributed by atoms with Crippen LogP contribution in [0.15, 0.2) is 30.9 Å². The third kappa shape index (κ3) is 2.85. The van der Waals surface area contributed by atoms with Crippen LogP contribution in [0.5, 0.6) is 0 Å². The number of hydrogen-bond acceptors (Lipinski definition) is 6. The van der Waals surface area contributed by atoms with Gasteiger partial charge >= 0.3 is 0 Å². The number of carbonyl (C=O) groups excluding carboxylic acids is 1. The summed E-state index contributed by atoms with van der Waals surface area (Å²) in [5, 5.41) is 6.85. The molecule has 0 aliphatic carbocycles. The van der Waals surface area contributed by atoms with Crippen LogP contribution in [0.25, 0.3) is 17.0 Å². The Morgan fingerprint density at radius 3 is 2.93 bits per heavy atom. The fourth-order valence-corrected chi connectivity index (χ4v) is 4.62. The summed E-state index contributed by atoms with van der Waals surface area (Å²) in [5.41, 5.74) is 2.51. The second-order valence-corrected chi connectivity index (χ2v) is 7.56. The van der Waals surface area contributed by atoms with Crippen LogP contribution in [0.3, 0.4) is 0 Å². The molecule has 5 rings (SSSR count). The van der Waals surface area contributed by atoms with Gasteiger partial charge in [-0.1, -0.05) is 6.07 Å². The number of halogens is 2. The van der Waals surface area contributed by atoms with Gasteiger partial charge in [0.1, 0.15) is 29.3 Å². The average molecular weight is 413 g/mol. The summed E-state index contributed by atoms with van der Waals surface area (Å²) in [6.07, 6.45) is 2.84. The van der Waals surface area contributed by atoms with E-state index in [1.807, 2.05) is 0 Å². The third-order valence-corrected chi connectivity index (χ3v) is 5.91. The number of rotatable bonds is 2. The minimum atomic E-state index is -0.673. The number of amides is 1. The van der Waals surface area contributed by atoms with Gasteiger partial charge in [0.25, 0.3) is 0 Å². The fraction of sp³-hybridized carbons (Fsp3) is 0.167. The molecule has 0 saturated carbocycles. The van der Waals surface area contributed by atoms with Gasteiger partial charge in [0.2, 0.25) is 5.91 Å².